The zero-order valence-corrected chi connectivity index (χ0v) is 15.6. The quantitative estimate of drug-likeness (QED) is 0.576. The number of imidazole rings is 1. The van der Waals surface area contributed by atoms with Gasteiger partial charge in [0.15, 0.2) is 0 Å². The fourth-order valence-electron chi connectivity index (χ4n) is 3.04. The molecule has 0 saturated carbocycles. The van der Waals surface area contributed by atoms with Crippen molar-refractivity contribution >= 4 is 15.7 Å². The monoisotopic (exact) mass is 377 g/mol. The smallest absolute Gasteiger partial charge is 0.240 e. The van der Waals surface area contributed by atoms with Gasteiger partial charge < -0.3 is 4.40 Å². The van der Waals surface area contributed by atoms with Gasteiger partial charge in [0.05, 0.1) is 22.8 Å². The predicted octanol–water partition coefficient (Wildman–Crippen LogP) is 3.79. The minimum Gasteiger partial charge on any atom is -0.302 e. The van der Waals surface area contributed by atoms with E-state index in [2.05, 4.69) is 4.72 Å². The number of aromatic nitrogens is 2. The first-order chi connectivity index (χ1) is 13.0. The van der Waals surface area contributed by atoms with Gasteiger partial charge in [0, 0.05) is 11.8 Å². The number of hydrogen-bond acceptors (Lipinski definition) is 3. The number of nitrogens with zero attached hydrogens (tertiary/aromatic N) is 2. The van der Waals surface area contributed by atoms with Crippen LogP contribution in [0.5, 0.6) is 0 Å². The van der Waals surface area contributed by atoms with Crippen LogP contribution in [0.2, 0.25) is 0 Å². The molecular weight excluding hydrogens is 358 g/mol. The lowest BCUT2D eigenvalue weighted by molar-refractivity contribution is 0.580. The molecule has 2 aromatic heterocycles. The van der Waals surface area contributed by atoms with Crippen molar-refractivity contribution in [2.75, 3.05) is 0 Å². The van der Waals surface area contributed by atoms with Crippen LogP contribution in [0.25, 0.3) is 16.9 Å². The Morgan fingerprint density at radius 1 is 0.963 bits per heavy atom. The van der Waals surface area contributed by atoms with E-state index >= 15 is 0 Å². The fourth-order valence-corrected chi connectivity index (χ4v) is 4.05. The topological polar surface area (TPSA) is 63.5 Å². The maximum absolute atomic E-state index is 12.6. The van der Waals surface area contributed by atoms with Gasteiger partial charge in [-0.05, 0) is 36.8 Å². The number of benzene rings is 2. The molecule has 0 spiro atoms. The summed E-state index contributed by atoms with van der Waals surface area (Å²) in [5.41, 5.74) is 4.42. The number of rotatable bonds is 5. The van der Waals surface area contributed by atoms with E-state index in [4.69, 9.17) is 4.98 Å². The Labute approximate surface area is 158 Å². The Kier molecular flexibility index (Phi) is 4.51. The maximum atomic E-state index is 12.6. The molecule has 2 aromatic carbocycles. The van der Waals surface area contributed by atoms with Crippen molar-refractivity contribution in [3.05, 3.63) is 90.3 Å². The molecule has 0 aliphatic carbocycles. The molecule has 4 aromatic rings. The van der Waals surface area contributed by atoms with Crippen LogP contribution < -0.4 is 4.72 Å². The molecule has 0 atom stereocenters. The number of sulfonamides is 1. The average Bonchev–Trinajstić information content (AvgIpc) is 3.05. The largest absolute Gasteiger partial charge is 0.302 e. The molecule has 5 nitrogen and oxygen atoms in total. The number of fused-ring (bicyclic) bond motifs is 1. The van der Waals surface area contributed by atoms with Gasteiger partial charge in [-0.2, -0.15) is 0 Å². The number of aryl methyl sites for hydroxylation is 1. The normalized spacial score (nSPS) is 11.7. The summed E-state index contributed by atoms with van der Waals surface area (Å²) < 4.78 is 29.9. The molecule has 136 valence electrons. The highest BCUT2D eigenvalue weighted by Gasteiger charge is 2.18. The first kappa shape index (κ1) is 17.5. The molecule has 0 bridgehead atoms. The zero-order chi connectivity index (χ0) is 18.9. The van der Waals surface area contributed by atoms with Crippen molar-refractivity contribution in [2.24, 2.45) is 0 Å². The summed E-state index contributed by atoms with van der Waals surface area (Å²) in [5.74, 6) is 0. The summed E-state index contributed by atoms with van der Waals surface area (Å²) >= 11 is 0. The van der Waals surface area contributed by atoms with Crippen LogP contribution >= 0.6 is 0 Å². The minimum absolute atomic E-state index is 0.145. The van der Waals surface area contributed by atoms with E-state index in [1.165, 1.54) is 0 Å². The third-order valence-corrected chi connectivity index (χ3v) is 5.83. The standard InChI is InChI=1S/C21H19N3O2S/c1-16-12-13-24-19(15-22-27(25,26)18-10-6-3-7-11-18)21(23-20(24)14-16)17-8-4-2-5-9-17/h2-14,22H,15H2,1H3. The van der Waals surface area contributed by atoms with Crippen LogP contribution in [-0.4, -0.2) is 17.8 Å². The third kappa shape index (κ3) is 3.49. The van der Waals surface area contributed by atoms with E-state index in [9.17, 15) is 8.42 Å². The Hall–Kier alpha value is -2.96. The summed E-state index contributed by atoms with van der Waals surface area (Å²) in [6, 6.07) is 22.1. The molecule has 0 amide bonds. The highest BCUT2D eigenvalue weighted by Crippen LogP contribution is 2.25. The van der Waals surface area contributed by atoms with Crippen molar-refractivity contribution in [2.45, 2.75) is 18.4 Å². The lowest BCUT2D eigenvalue weighted by atomic mass is 10.1. The predicted molar refractivity (Wildman–Crippen MR) is 106 cm³/mol. The molecule has 2 heterocycles. The van der Waals surface area contributed by atoms with Crippen LogP contribution in [-0.2, 0) is 16.6 Å². The molecule has 0 aliphatic rings. The summed E-state index contributed by atoms with van der Waals surface area (Å²) in [5, 5.41) is 0. The molecule has 0 radical (unpaired) electrons. The second-order valence-electron chi connectivity index (χ2n) is 6.34. The molecule has 0 fully saturated rings. The van der Waals surface area contributed by atoms with Gasteiger partial charge in [0.25, 0.3) is 0 Å². The van der Waals surface area contributed by atoms with E-state index < -0.39 is 10.0 Å². The van der Waals surface area contributed by atoms with Crippen molar-refractivity contribution in [3.63, 3.8) is 0 Å². The van der Waals surface area contributed by atoms with Gasteiger partial charge in [-0.3, -0.25) is 0 Å². The Bertz CT molecular complexity index is 1180. The molecule has 0 unspecified atom stereocenters. The van der Waals surface area contributed by atoms with Gasteiger partial charge in [-0.25, -0.2) is 18.1 Å². The van der Waals surface area contributed by atoms with Gasteiger partial charge in [0.2, 0.25) is 10.0 Å². The van der Waals surface area contributed by atoms with Gasteiger partial charge in [0.1, 0.15) is 5.65 Å². The van der Waals surface area contributed by atoms with Gasteiger partial charge in [-0.15, -0.1) is 0 Å². The van der Waals surface area contributed by atoms with Crippen LogP contribution in [0.1, 0.15) is 11.3 Å². The molecule has 27 heavy (non-hydrogen) atoms. The Morgan fingerprint density at radius 2 is 1.63 bits per heavy atom. The number of nitrogens with one attached hydrogen (secondary N) is 1. The van der Waals surface area contributed by atoms with Gasteiger partial charge in [-0.1, -0.05) is 48.5 Å². The van der Waals surface area contributed by atoms with E-state index in [-0.39, 0.29) is 11.4 Å². The van der Waals surface area contributed by atoms with Crippen molar-refractivity contribution < 1.29 is 8.42 Å². The SMILES string of the molecule is Cc1ccn2c(CNS(=O)(=O)c3ccccc3)c(-c3ccccc3)nc2c1. The summed E-state index contributed by atoms with van der Waals surface area (Å²) in [6.45, 7) is 2.15. The van der Waals surface area contributed by atoms with Crippen LogP contribution in [0.3, 0.4) is 0 Å². The lowest BCUT2D eigenvalue weighted by Gasteiger charge is -2.09. The van der Waals surface area contributed by atoms with Crippen LogP contribution in [0, 0.1) is 6.92 Å². The van der Waals surface area contributed by atoms with E-state index in [0.717, 1.165) is 28.2 Å². The zero-order valence-electron chi connectivity index (χ0n) is 14.8. The molecule has 6 heteroatoms. The summed E-state index contributed by atoms with van der Waals surface area (Å²) in [6.07, 6.45) is 1.93. The summed E-state index contributed by atoms with van der Waals surface area (Å²) in [4.78, 5) is 4.99. The van der Waals surface area contributed by atoms with E-state index in [1.54, 1.807) is 30.3 Å². The molecule has 4 rings (SSSR count). The molecule has 0 saturated heterocycles. The fraction of sp³-hybridized carbons (Fsp3) is 0.0952. The van der Waals surface area contributed by atoms with Crippen molar-refractivity contribution in [3.8, 4) is 11.3 Å². The third-order valence-electron chi connectivity index (χ3n) is 4.41. The highest BCUT2D eigenvalue weighted by molar-refractivity contribution is 7.89. The van der Waals surface area contributed by atoms with Crippen molar-refractivity contribution in [1.29, 1.82) is 0 Å². The second kappa shape index (κ2) is 6.98. The Balaban J connectivity index is 1.76. The maximum Gasteiger partial charge on any atom is 0.240 e. The number of pyridine rings is 1. The highest BCUT2D eigenvalue weighted by atomic mass is 32.2. The molecule has 0 aliphatic heterocycles. The van der Waals surface area contributed by atoms with E-state index in [1.807, 2.05) is 60.0 Å². The molecular formula is C21H19N3O2S. The van der Waals surface area contributed by atoms with Crippen molar-refractivity contribution in [1.82, 2.24) is 14.1 Å². The first-order valence-corrected chi connectivity index (χ1v) is 10.1. The summed E-state index contributed by atoms with van der Waals surface area (Å²) in [7, 11) is -3.60. The minimum atomic E-state index is -3.60. The van der Waals surface area contributed by atoms with Crippen LogP contribution in [0.15, 0.2) is 83.9 Å². The molecule has 1 N–H and O–H groups in total. The number of hydrogen-bond donors (Lipinski definition) is 1. The second-order valence-corrected chi connectivity index (χ2v) is 8.11. The average molecular weight is 377 g/mol. The lowest BCUT2D eigenvalue weighted by Crippen LogP contribution is -2.24. The van der Waals surface area contributed by atoms with Crippen LogP contribution in [0.4, 0.5) is 0 Å². The first-order valence-electron chi connectivity index (χ1n) is 8.62. The van der Waals surface area contributed by atoms with Gasteiger partial charge >= 0.3 is 0 Å². The van der Waals surface area contributed by atoms with E-state index in [0.29, 0.717) is 0 Å². The Morgan fingerprint density at radius 3 is 2.33 bits per heavy atom.